The maximum absolute atomic E-state index is 12.6. The molecule has 0 aliphatic carbocycles. The summed E-state index contributed by atoms with van der Waals surface area (Å²) in [6.07, 6.45) is 2.40. The molecule has 1 aliphatic rings. The van der Waals surface area contributed by atoms with Crippen molar-refractivity contribution in [3.63, 3.8) is 0 Å². The topological polar surface area (TPSA) is 77.7 Å². The smallest absolute Gasteiger partial charge is 0.410 e. The van der Waals surface area contributed by atoms with E-state index in [1.54, 1.807) is 12.0 Å². The number of benzene rings is 1. The molecular formula is C19H25N3O4. The molecule has 2 aromatic rings. The molecule has 1 aromatic heterocycles. The second-order valence-corrected chi connectivity index (χ2v) is 7.38. The number of nitrogens with zero attached hydrogens (tertiary/aromatic N) is 3. The molecule has 0 saturated carbocycles. The number of aromatic nitrogens is 2. The van der Waals surface area contributed by atoms with Gasteiger partial charge in [-0.25, -0.2) is 4.79 Å². The van der Waals surface area contributed by atoms with E-state index in [1.165, 1.54) is 0 Å². The van der Waals surface area contributed by atoms with Gasteiger partial charge >= 0.3 is 6.09 Å². The summed E-state index contributed by atoms with van der Waals surface area (Å²) >= 11 is 0. The van der Waals surface area contributed by atoms with Crippen molar-refractivity contribution < 1.29 is 18.8 Å². The molecule has 1 fully saturated rings. The Morgan fingerprint density at radius 3 is 2.85 bits per heavy atom. The molecule has 3 rings (SSSR count). The maximum Gasteiger partial charge on any atom is 0.410 e. The van der Waals surface area contributed by atoms with Crippen molar-refractivity contribution >= 4 is 6.09 Å². The summed E-state index contributed by atoms with van der Waals surface area (Å²) in [6, 6.07) is 7.20. The number of rotatable bonds is 3. The van der Waals surface area contributed by atoms with E-state index in [-0.39, 0.29) is 12.1 Å². The summed E-state index contributed by atoms with van der Waals surface area (Å²) in [4.78, 5) is 18.8. The number of likely N-dealkylation sites (tertiary alicyclic amines) is 1. The van der Waals surface area contributed by atoms with Gasteiger partial charge in [0.2, 0.25) is 0 Å². The summed E-state index contributed by atoms with van der Waals surface area (Å²) in [7, 11) is 1.61. The lowest BCUT2D eigenvalue weighted by molar-refractivity contribution is 0.00821. The molecule has 1 unspecified atom stereocenters. The third kappa shape index (κ3) is 4.15. The van der Waals surface area contributed by atoms with Crippen molar-refractivity contribution in [2.45, 2.75) is 51.7 Å². The van der Waals surface area contributed by atoms with E-state index in [4.69, 9.17) is 14.0 Å². The monoisotopic (exact) mass is 359 g/mol. The van der Waals surface area contributed by atoms with Gasteiger partial charge in [0.1, 0.15) is 11.4 Å². The van der Waals surface area contributed by atoms with E-state index in [2.05, 4.69) is 10.1 Å². The summed E-state index contributed by atoms with van der Waals surface area (Å²) in [5, 5.41) is 4.12. The second kappa shape index (κ2) is 7.35. The van der Waals surface area contributed by atoms with Gasteiger partial charge in [-0.15, -0.1) is 0 Å². The Kier molecular flexibility index (Phi) is 5.15. The summed E-state index contributed by atoms with van der Waals surface area (Å²) in [5.41, 5.74) is 0.241. The number of ether oxygens (including phenoxy) is 2. The van der Waals surface area contributed by atoms with Crippen LogP contribution in [0.25, 0.3) is 11.5 Å². The lowest BCUT2D eigenvalue weighted by atomic mass is 10.0. The van der Waals surface area contributed by atoms with Crippen LogP contribution in [0.3, 0.4) is 0 Å². The Bertz CT molecular complexity index is 766. The highest BCUT2D eigenvalue weighted by Gasteiger charge is 2.34. The highest BCUT2D eigenvalue weighted by molar-refractivity contribution is 5.69. The molecule has 1 aromatic carbocycles. The fourth-order valence-electron chi connectivity index (χ4n) is 2.98. The van der Waals surface area contributed by atoms with Crippen LogP contribution >= 0.6 is 0 Å². The van der Waals surface area contributed by atoms with Crippen LogP contribution < -0.4 is 4.74 Å². The summed E-state index contributed by atoms with van der Waals surface area (Å²) in [5.74, 6) is 1.64. The largest absolute Gasteiger partial charge is 0.497 e. The van der Waals surface area contributed by atoms with Gasteiger partial charge in [-0.2, -0.15) is 4.98 Å². The van der Waals surface area contributed by atoms with Gasteiger partial charge in [0.25, 0.3) is 5.89 Å². The van der Waals surface area contributed by atoms with Crippen LogP contribution in [0, 0.1) is 0 Å². The third-order valence-corrected chi connectivity index (χ3v) is 4.19. The Morgan fingerprint density at radius 1 is 1.31 bits per heavy atom. The molecule has 2 heterocycles. The number of carbonyl (C=O) groups is 1. The zero-order chi connectivity index (χ0) is 18.7. The molecule has 1 saturated heterocycles. The molecule has 1 aliphatic heterocycles. The molecular weight excluding hydrogens is 334 g/mol. The molecule has 7 nitrogen and oxygen atoms in total. The fraction of sp³-hybridized carbons (Fsp3) is 0.526. The van der Waals surface area contributed by atoms with Gasteiger partial charge in [0.05, 0.1) is 13.2 Å². The van der Waals surface area contributed by atoms with E-state index in [0.717, 1.165) is 30.6 Å². The van der Waals surface area contributed by atoms with Crippen LogP contribution in [-0.4, -0.2) is 40.4 Å². The van der Waals surface area contributed by atoms with Crippen LogP contribution in [0.5, 0.6) is 5.75 Å². The maximum atomic E-state index is 12.6. The lowest BCUT2D eigenvalue weighted by Crippen LogP contribution is -2.42. The molecule has 140 valence electrons. The average Bonchev–Trinajstić information content (AvgIpc) is 3.10. The zero-order valence-electron chi connectivity index (χ0n) is 15.7. The predicted octanol–water partition coefficient (Wildman–Crippen LogP) is 4.21. The normalized spacial score (nSPS) is 17.8. The van der Waals surface area contributed by atoms with E-state index in [9.17, 15) is 4.79 Å². The standard InChI is InChI=1S/C19H25N3O4/c1-19(2,3)25-18(23)22-11-6-5-10-15(22)16-20-17(26-21-16)13-8-7-9-14(12-13)24-4/h7-9,12,15H,5-6,10-11H2,1-4H3. The second-order valence-electron chi connectivity index (χ2n) is 7.38. The van der Waals surface area contributed by atoms with E-state index >= 15 is 0 Å². The SMILES string of the molecule is COc1cccc(-c2nc(C3CCCCN3C(=O)OC(C)(C)C)no2)c1. The van der Waals surface area contributed by atoms with E-state index in [1.807, 2.05) is 45.0 Å². The van der Waals surface area contributed by atoms with Crippen molar-refractivity contribution in [3.8, 4) is 17.2 Å². The van der Waals surface area contributed by atoms with E-state index in [0.29, 0.717) is 18.3 Å². The minimum absolute atomic E-state index is 0.235. The minimum atomic E-state index is -0.540. The fourth-order valence-corrected chi connectivity index (χ4v) is 2.98. The van der Waals surface area contributed by atoms with Gasteiger partial charge in [0.15, 0.2) is 5.82 Å². The molecule has 1 amide bonds. The van der Waals surface area contributed by atoms with Crippen LogP contribution in [0.1, 0.15) is 51.9 Å². The van der Waals surface area contributed by atoms with Crippen molar-refractivity contribution in [2.24, 2.45) is 0 Å². The molecule has 1 atom stereocenters. The number of methoxy groups -OCH3 is 1. The van der Waals surface area contributed by atoms with Crippen LogP contribution in [0.2, 0.25) is 0 Å². The average molecular weight is 359 g/mol. The summed E-state index contributed by atoms with van der Waals surface area (Å²) < 4.78 is 16.2. The number of piperidine rings is 1. The highest BCUT2D eigenvalue weighted by Crippen LogP contribution is 2.32. The first-order chi connectivity index (χ1) is 12.4. The minimum Gasteiger partial charge on any atom is -0.497 e. The Hall–Kier alpha value is -2.57. The highest BCUT2D eigenvalue weighted by atomic mass is 16.6. The molecule has 0 spiro atoms. The van der Waals surface area contributed by atoms with Gasteiger partial charge in [-0.05, 0) is 58.2 Å². The quantitative estimate of drug-likeness (QED) is 0.817. The number of amides is 1. The third-order valence-electron chi connectivity index (χ3n) is 4.19. The van der Waals surface area contributed by atoms with Crippen molar-refractivity contribution in [3.05, 3.63) is 30.1 Å². The Labute approximate surface area is 153 Å². The first kappa shape index (κ1) is 18.2. The summed E-state index contributed by atoms with van der Waals surface area (Å²) in [6.45, 7) is 6.21. The first-order valence-electron chi connectivity index (χ1n) is 8.85. The molecule has 0 bridgehead atoms. The van der Waals surface area contributed by atoms with Gasteiger partial charge in [-0.3, -0.25) is 4.90 Å². The number of carbonyl (C=O) groups excluding carboxylic acids is 1. The molecule has 0 N–H and O–H groups in total. The van der Waals surface area contributed by atoms with E-state index < -0.39 is 5.60 Å². The first-order valence-corrected chi connectivity index (χ1v) is 8.85. The van der Waals surface area contributed by atoms with Gasteiger partial charge < -0.3 is 14.0 Å². The van der Waals surface area contributed by atoms with Gasteiger partial charge in [0, 0.05) is 12.1 Å². The predicted molar refractivity (Wildman–Crippen MR) is 95.8 cm³/mol. The van der Waals surface area contributed by atoms with Gasteiger partial charge in [-0.1, -0.05) is 11.2 Å². The molecule has 26 heavy (non-hydrogen) atoms. The van der Waals surface area contributed by atoms with Crippen LogP contribution in [-0.2, 0) is 4.74 Å². The van der Waals surface area contributed by atoms with Crippen molar-refractivity contribution in [1.29, 1.82) is 0 Å². The van der Waals surface area contributed by atoms with Crippen LogP contribution in [0.4, 0.5) is 4.79 Å². The Balaban J connectivity index is 1.82. The van der Waals surface area contributed by atoms with Crippen molar-refractivity contribution in [1.82, 2.24) is 15.0 Å². The lowest BCUT2D eigenvalue weighted by Gasteiger charge is -2.35. The number of hydrogen-bond acceptors (Lipinski definition) is 6. The zero-order valence-corrected chi connectivity index (χ0v) is 15.7. The van der Waals surface area contributed by atoms with Crippen molar-refractivity contribution in [2.75, 3.05) is 13.7 Å². The number of hydrogen-bond donors (Lipinski definition) is 0. The van der Waals surface area contributed by atoms with Crippen LogP contribution in [0.15, 0.2) is 28.8 Å². The Morgan fingerprint density at radius 2 is 2.12 bits per heavy atom. The molecule has 0 radical (unpaired) electrons. The molecule has 7 heteroatoms.